The van der Waals surface area contributed by atoms with Crippen LogP contribution in [-0.2, 0) is 0 Å². The van der Waals surface area contributed by atoms with Crippen LogP contribution in [0, 0.1) is 12.8 Å². The summed E-state index contributed by atoms with van der Waals surface area (Å²) in [5.74, 6) is 0.795. The average molecular weight is 246 g/mol. The third-order valence-electron chi connectivity index (χ3n) is 4.41. The molecule has 0 spiro atoms. The monoisotopic (exact) mass is 246 g/mol. The molecule has 0 aliphatic carbocycles. The molecule has 0 bridgehead atoms. The van der Waals surface area contributed by atoms with Gasteiger partial charge < -0.3 is 5.73 Å². The standard InChI is InChI=1S/C16H26N2/c1-12-6-4-8-15(10-12)16(17)11-18-9-5-7-13(2)14(18)3/h4,6,8,10,13-14,16H,5,7,9,11,17H2,1-3H3. The number of nitrogens with two attached hydrogens (primary N) is 1. The van der Waals surface area contributed by atoms with E-state index in [2.05, 4.69) is 49.9 Å². The molecule has 1 fully saturated rings. The van der Waals surface area contributed by atoms with Gasteiger partial charge in [-0.25, -0.2) is 0 Å². The Morgan fingerprint density at radius 1 is 1.39 bits per heavy atom. The quantitative estimate of drug-likeness (QED) is 0.888. The Kier molecular flexibility index (Phi) is 4.41. The maximum Gasteiger partial charge on any atom is 0.0424 e. The molecule has 1 saturated heterocycles. The molecule has 2 nitrogen and oxygen atoms in total. The number of rotatable bonds is 3. The molecular formula is C16H26N2. The van der Waals surface area contributed by atoms with Gasteiger partial charge in [0.1, 0.15) is 0 Å². The summed E-state index contributed by atoms with van der Waals surface area (Å²) in [6.07, 6.45) is 2.67. The Morgan fingerprint density at radius 3 is 2.89 bits per heavy atom. The van der Waals surface area contributed by atoms with Gasteiger partial charge in [-0.2, -0.15) is 0 Å². The van der Waals surface area contributed by atoms with E-state index >= 15 is 0 Å². The summed E-state index contributed by atoms with van der Waals surface area (Å²) in [7, 11) is 0. The molecule has 1 aliphatic rings. The normalized spacial score (nSPS) is 27.1. The molecule has 3 unspecified atom stereocenters. The van der Waals surface area contributed by atoms with Crippen LogP contribution >= 0.6 is 0 Å². The topological polar surface area (TPSA) is 29.3 Å². The van der Waals surface area contributed by atoms with Gasteiger partial charge >= 0.3 is 0 Å². The highest BCUT2D eigenvalue weighted by Gasteiger charge is 2.25. The van der Waals surface area contributed by atoms with Gasteiger partial charge in [0, 0.05) is 18.6 Å². The molecule has 2 rings (SSSR count). The second-order valence-corrected chi connectivity index (χ2v) is 5.88. The van der Waals surface area contributed by atoms with Crippen LogP contribution in [0.4, 0.5) is 0 Å². The maximum atomic E-state index is 6.36. The van der Waals surface area contributed by atoms with E-state index in [9.17, 15) is 0 Å². The molecule has 2 heteroatoms. The SMILES string of the molecule is Cc1cccc(C(N)CN2CCCC(C)C2C)c1. The van der Waals surface area contributed by atoms with Crippen molar-refractivity contribution in [1.82, 2.24) is 4.90 Å². The molecule has 1 aromatic carbocycles. The molecule has 0 amide bonds. The third kappa shape index (κ3) is 3.12. The van der Waals surface area contributed by atoms with Crippen molar-refractivity contribution in [3.05, 3.63) is 35.4 Å². The molecule has 2 N–H and O–H groups in total. The van der Waals surface area contributed by atoms with Crippen LogP contribution in [0.15, 0.2) is 24.3 Å². The van der Waals surface area contributed by atoms with Crippen molar-refractivity contribution in [2.24, 2.45) is 11.7 Å². The van der Waals surface area contributed by atoms with Crippen molar-refractivity contribution >= 4 is 0 Å². The Labute approximate surface area is 111 Å². The molecular weight excluding hydrogens is 220 g/mol. The van der Waals surface area contributed by atoms with Crippen molar-refractivity contribution in [3.63, 3.8) is 0 Å². The van der Waals surface area contributed by atoms with Gasteiger partial charge in [0.05, 0.1) is 0 Å². The molecule has 0 saturated carbocycles. The molecule has 1 aromatic rings. The predicted molar refractivity (Wildman–Crippen MR) is 77.5 cm³/mol. The predicted octanol–water partition coefficient (Wildman–Crippen LogP) is 3.12. The van der Waals surface area contributed by atoms with E-state index in [4.69, 9.17) is 5.73 Å². The fourth-order valence-electron chi connectivity index (χ4n) is 2.94. The van der Waals surface area contributed by atoms with E-state index in [0.717, 1.165) is 12.5 Å². The Morgan fingerprint density at radius 2 is 2.17 bits per heavy atom. The number of aryl methyl sites for hydroxylation is 1. The second-order valence-electron chi connectivity index (χ2n) is 5.88. The van der Waals surface area contributed by atoms with Gasteiger partial charge in [-0.15, -0.1) is 0 Å². The summed E-state index contributed by atoms with van der Waals surface area (Å²) in [5.41, 5.74) is 8.92. The van der Waals surface area contributed by atoms with E-state index in [0.29, 0.717) is 6.04 Å². The summed E-state index contributed by atoms with van der Waals surface area (Å²) in [6.45, 7) is 9.00. The van der Waals surface area contributed by atoms with Crippen molar-refractivity contribution in [2.75, 3.05) is 13.1 Å². The molecule has 18 heavy (non-hydrogen) atoms. The van der Waals surface area contributed by atoms with Crippen LogP contribution < -0.4 is 5.73 Å². The first-order valence-electron chi connectivity index (χ1n) is 7.14. The molecule has 0 aromatic heterocycles. The minimum Gasteiger partial charge on any atom is -0.323 e. The van der Waals surface area contributed by atoms with Gasteiger partial charge in [-0.1, -0.05) is 36.8 Å². The molecule has 1 aliphatic heterocycles. The molecule has 1 heterocycles. The first-order chi connectivity index (χ1) is 8.58. The number of likely N-dealkylation sites (tertiary alicyclic amines) is 1. The summed E-state index contributed by atoms with van der Waals surface area (Å²) in [4.78, 5) is 2.56. The van der Waals surface area contributed by atoms with E-state index in [1.54, 1.807) is 0 Å². The smallest absolute Gasteiger partial charge is 0.0424 e. The van der Waals surface area contributed by atoms with Crippen LogP contribution in [0.5, 0.6) is 0 Å². The fraction of sp³-hybridized carbons (Fsp3) is 0.625. The summed E-state index contributed by atoms with van der Waals surface area (Å²) < 4.78 is 0. The summed E-state index contributed by atoms with van der Waals surface area (Å²) in [6, 6.07) is 9.39. The highest BCUT2D eigenvalue weighted by Crippen LogP contribution is 2.24. The molecule has 3 atom stereocenters. The highest BCUT2D eigenvalue weighted by molar-refractivity contribution is 5.25. The first kappa shape index (κ1) is 13.6. The van der Waals surface area contributed by atoms with E-state index in [1.807, 2.05) is 0 Å². The molecule has 0 radical (unpaired) electrons. The third-order valence-corrected chi connectivity index (χ3v) is 4.41. The number of piperidine rings is 1. The largest absolute Gasteiger partial charge is 0.323 e. The lowest BCUT2D eigenvalue weighted by Crippen LogP contribution is -2.45. The lowest BCUT2D eigenvalue weighted by Gasteiger charge is -2.39. The van der Waals surface area contributed by atoms with Crippen LogP contribution in [0.25, 0.3) is 0 Å². The average Bonchev–Trinajstić information content (AvgIpc) is 2.35. The van der Waals surface area contributed by atoms with Gasteiger partial charge in [-0.3, -0.25) is 4.90 Å². The van der Waals surface area contributed by atoms with Crippen molar-refractivity contribution < 1.29 is 0 Å². The van der Waals surface area contributed by atoms with Crippen LogP contribution in [0.2, 0.25) is 0 Å². The van der Waals surface area contributed by atoms with Crippen LogP contribution in [-0.4, -0.2) is 24.0 Å². The van der Waals surface area contributed by atoms with Crippen LogP contribution in [0.1, 0.15) is 43.9 Å². The van der Waals surface area contributed by atoms with E-state index in [1.165, 1.54) is 30.5 Å². The fourth-order valence-corrected chi connectivity index (χ4v) is 2.94. The first-order valence-corrected chi connectivity index (χ1v) is 7.14. The van der Waals surface area contributed by atoms with Gasteiger partial charge in [0.2, 0.25) is 0 Å². The maximum absolute atomic E-state index is 6.36. The van der Waals surface area contributed by atoms with Gasteiger partial charge in [-0.05, 0) is 44.7 Å². The van der Waals surface area contributed by atoms with Crippen molar-refractivity contribution in [2.45, 2.75) is 45.7 Å². The number of nitrogens with zero attached hydrogens (tertiary/aromatic N) is 1. The van der Waals surface area contributed by atoms with Gasteiger partial charge in [0.15, 0.2) is 0 Å². The number of hydrogen-bond donors (Lipinski definition) is 1. The number of benzene rings is 1. The summed E-state index contributed by atoms with van der Waals surface area (Å²) >= 11 is 0. The number of hydrogen-bond acceptors (Lipinski definition) is 2. The highest BCUT2D eigenvalue weighted by atomic mass is 15.2. The molecule has 100 valence electrons. The minimum absolute atomic E-state index is 0.137. The zero-order valence-electron chi connectivity index (χ0n) is 11.9. The van der Waals surface area contributed by atoms with Crippen LogP contribution in [0.3, 0.4) is 0 Å². The lowest BCUT2D eigenvalue weighted by atomic mass is 9.91. The van der Waals surface area contributed by atoms with Gasteiger partial charge in [0.25, 0.3) is 0 Å². The Hall–Kier alpha value is -0.860. The zero-order valence-corrected chi connectivity index (χ0v) is 11.9. The zero-order chi connectivity index (χ0) is 13.1. The Balaban J connectivity index is 2.00. The van der Waals surface area contributed by atoms with Crippen molar-refractivity contribution in [3.8, 4) is 0 Å². The Bertz CT molecular complexity index is 388. The minimum atomic E-state index is 0.137. The lowest BCUT2D eigenvalue weighted by molar-refractivity contribution is 0.107. The van der Waals surface area contributed by atoms with E-state index < -0.39 is 0 Å². The summed E-state index contributed by atoms with van der Waals surface area (Å²) in [5, 5.41) is 0. The van der Waals surface area contributed by atoms with E-state index in [-0.39, 0.29) is 6.04 Å². The van der Waals surface area contributed by atoms with Crippen molar-refractivity contribution in [1.29, 1.82) is 0 Å². The second kappa shape index (κ2) is 5.85.